The highest BCUT2D eigenvalue weighted by Gasteiger charge is 2.21. The molecule has 0 spiro atoms. The average molecular weight is 408 g/mol. The summed E-state index contributed by atoms with van der Waals surface area (Å²) in [6.45, 7) is 4.49. The summed E-state index contributed by atoms with van der Waals surface area (Å²) >= 11 is 0. The summed E-state index contributed by atoms with van der Waals surface area (Å²) in [7, 11) is 1.83. The molecule has 0 aromatic heterocycles. The van der Waals surface area contributed by atoms with E-state index in [1.165, 1.54) is 5.69 Å². The lowest BCUT2D eigenvalue weighted by atomic mass is 10.1. The summed E-state index contributed by atoms with van der Waals surface area (Å²) in [6, 6.07) is 15.7. The maximum atomic E-state index is 13.0. The van der Waals surface area contributed by atoms with E-state index in [9.17, 15) is 9.59 Å². The molecule has 0 radical (unpaired) electrons. The van der Waals surface area contributed by atoms with E-state index in [0.29, 0.717) is 18.5 Å². The van der Waals surface area contributed by atoms with Crippen LogP contribution in [0.2, 0.25) is 0 Å². The zero-order valence-corrected chi connectivity index (χ0v) is 17.5. The van der Waals surface area contributed by atoms with Gasteiger partial charge in [-0.05, 0) is 48.7 Å². The largest absolute Gasteiger partial charge is 0.378 e. The number of carbonyl (C=O) groups is 2. The number of piperidine rings is 1. The van der Waals surface area contributed by atoms with Crippen molar-refractivity contribution in [3.63, 3.8) is 0 Å². The van der Waals surface area contributed by atoms with Crippen molar-refractivity contribution in [1.29, 1.82) is 0 Å². The Hall–Kier alpha value is -2.86. The van der Waals surface area contributed by atoms with Crippen LogP contribution < -0.4 is 9.80 Å². The van der Waals surface area contributed by atoms with Gasteiger partial charge in [0.15, 0.2) is 0 Å². The minimum atomic E-state index is -0.0247. The van der Waals surface area contributed by atoms with E-state index in [-0.39, 0.29) is 11.8 Å². The minimum absolute atomic E-state index is 0.0247. The summed E-state index contributed by atoms with van der Waals surface area (Å²) in [6.07, 6.45) is 2.59. The Kier molecular flexibility index (Phi) is 6.33. The van der Waals surface area contributed by atoms with E-state index in [1.807, 2.05) is 48.3 Å². The molecule has 0 atom stereocenters. The van der Waals surface area contributed by atoms with Crippen LogP contribution in [0.25, 0.3) is 0 Å². The van der Waals surface area contributed by atoms with Crippen LogP contribution in [0.4, 0.5) is 11.4 Å². The predicted molar refractivity (Wildman–Crippen MR) is 118 cm³/mol. The molecule has 4 rings (SSSR count). The molecule has 2 aliphatic rings. The van der Waals surface area contributed by atoms with Gasteiger partial charge in [0.25, 0.3) is 5.91 Å². The van der Waals surface area contributed by atoms with Crippen molar-refractivity contribution in [2.24, 2.45) is 0 Å². The molecular formula is C24H29N3O3. The van der Waals surface area contributed by atoms with Crippen molar-refractivity contribution >= 4 is 23.2 Å². The highest BCUT2D eigenvalue weighted by atomic mass is 16.5. The van der Waals surface area contributed by atoms with Crippen LogP contribution in [0.5, 0.6) is 0 Å². The Balaban J connectivity index is 1.45. The van der Waals surface area contributed by atoms with Crippen molar-refractivity contribution in [3.8, 4) is 0 Å². The maximum absolute atomic E-state index is 13.0. The van der Waals surface area contributed by atoms with Crippen molar-refractivity contribution in [2.75, 3.05) is 49.7 Å². The number of morpholine rings is 1. The molecule has 2 aromatic rings. The summed E-state index contributed by atoms with van der Waals surface area (Å²) in [5.74, 6) is 0.139. The first-order valence-electron chi connectivity index (χ1n) is 10.7. The first kappa shape index (κ1) is 20.4. The molecule has 0 unspecified atom stereocenters. The fourth-order valence-electron chi connectivity index (χ4n) is 4.17. The molecule has 6 heteroatoms. The number of rotatable bonds is 5. The van der Waals surface area contributed by atoms with Crippen molar-refractivity contribution < 1.29 is 14.3 Å². The van der Waals surface area contributed by atoms with E-state index in [4.69, 9.17) is 4.74 Å². The van der Waals surface area contributed by atoms with Gasteiger partial charge in [0.05, 0.1) is 13.2 Å². The molecule has 0 saturated carbocycles. The van der Waals surface area contributed by atoms with Gasteiger partial charge in [-0.25, -0.2) is 0 Å². The van der Waals surface area contributed by atoms with Crippen molar-refractivity contribution in [2.45, 2.75) is 25.8 Å². The second-order valence-electron chi connectivity index (χ2n) is 7.94. The van der Waals surface area contributed by atoms with Crippen molar-refractivity contribution in [1.82, 2.24) is 4.90 Å². The van der Waals surface area contributed by atoms with Crippen LogP contribution in [0, 0.1) is 0 Å². The lowest BCUT2D eigenvalue weighted by Crippen LogP contribution is -2.37. The number of nitrogens with zero attached hydrogens (tertiary/aromatic N) is 3. The van der Waals surface area contributed by atoms with Gasteiger partial charge >= 0.3 is 0 Å². The van der Waals surface area contributed by atoms with E-state index in [1.54, 1.807) is 4.90 Å². The van der Waals surface area contributed by atoms with Gasteiger partial charge in [-0.2, -0.15) is 0 Å². The van der Waals surface area contributed by atoms with Gasteiger partial charge in [-0.15, -0.1) is 0 Å². The first-order valence-corrected chi connectivity index (χ1v) is 10.7. The highest BCUT2D eigenvalue weighted by Crippen LogP contribution is 2.24. The second-order valence-corrected chi connectivity index (χ2v) is 7.94. The topological polar surface area (TPSA) is 53.1 Å². The summed E-state index contributed by atoms with van der Waals surface area (Å²) in [4.78, 5) is 31.0. The molecule has 2 heterocycles. The molecule has 6 nitrogen and oxygen atoms in total. The molecule has 2 fully saturated rings. The van der Waals surface area contributed by atoms with E-state index >= 15 is 0 Å². The molecule has 2 aliphatic heterocycles. The molecule has 0 bridgehead atoms. The fraction of sp³-hybridized carbons (Fsp3) is 0.417. The zero-order valence-electron chi connectivity index (χ0n) is 17.5. The van der Waals surface area contributed by atoms with Crippen LogP contribution in [-0.4, -0.2) is 56.6 Å². The van der Waals surface area contributed by atoms with Gasteiger partial charge in [-0.1, -0.05) is 18.2 Å². The molecule has 0 N–H and O–H groups in total. The van der Waals surface area contributed by atoms with Crippen LogP contribution in [0.3, 0.4) is 0 Å². The Bertz CT molecular complexity index is 891. The number of benzene rings is 2. The highest BCUT2D eigenvalue weighted by molar-refractivity contribution is 5.97. The van der Waals surface area contributed by atoms with Crippen molar-refractivity contribution in [3.05, 3.63) is 59.7 Å². The number of amides is 2. The number of para-hydroxylation sites is 1. The predicted octanol–water partition coefficient (Wildman–Crippen LogP) is 3.31. The molecule has 2 saturated heterocycles. The number of anilines is 2. The van der Waals surface area contributed by atoms with E-state index in [2.05, 4.69) is 17.0 Å². The normalized spacial score (nSPS) is 17.2. The van der Waals surface area contributed by atoms with Crippen LogP contribution >= 0.6 is 0 Å². The molecular weight excluding hydrogens is 378 g/mol. The smallest absolute Gasteiger partial charge is 0.253 e. The SMILES string of the molecule is CN(Cc1ccccc1N1CCOCC1)C(=O)c1ccc(N2CCCCC2=O)cc1. The summed E-state index contributed by atoms with van der Waals surface area (Å²) in [5, 5.41) is 0. The number of hydrogen-bond acceptors (Lipinski definition) is 4. The first-order chi connectivity index (χ1) is 14.6. The van der Waals surface area contributed by atoms with Gasteiger partial charge < -0.3 is 19.4 Å². The van der Waals surface area contributed by atoms with Crippen LogP contribution in [-0.2, 0) is 16.1 Å². The van der Waals surface area contributed by atoms with Gasteiger partial charge in [0.2, 0.25) is 5.91 Å². The van der Waals surface area contributed by atoms with Gasteiger partial charge in [0.1, 0.15) is 0 Å². The fourth-order valence-corrected chi connectivity index (χ4v) is 4.17. The molecule has 2 amide bonds. The Morgan fingerprint density at radius 1 is 1.00 bits per heavy atom. The lowest BCUT2D eigenvalue weighted by molar-refractivity contribution is -0.119. The Morgan fingerprint density at radius 3 is 2.47 bits per heavy atom. The number of ether oxygens (including phenoxy) is 1. The molecule has 0 aliphatic carbocycles. The quantitative estimate of drug-likeness (QED) is 0.763. The van der Waals surface area contributed by atoms with E-state index in [0.717, 1.165) is 56.9 Å². The van der Waals surface area contributed by atoms with Gasteiger partial charge in [0, 0.05) is 56.6 Å². The standard InChI is InChI=1S/C24H29N3O3/c1-25(18-20-6-2-3-7-22(20)26-14-16-30-17-15-26)24(29)19-9-11-21(12-10-19)27-13-5-4-8-23(27)28/h2-3,6-7,9-12H,4-5,8,13-18H2,1H3. The molecule has 2 aromatic carbocycles. The Labute approximate surface area is 178 Å². The van der Waals surface area contributed by atoms with Crippen LogP contribution in [0.15, 0.2) is 48.5 Å². The van der Waals surface area contributed by atoms with E-state index < -0.39 is 0 Å². The summed E-state index contributed by atoms with van der Waals surface area (Å²) < 4.78 is 5.47. The molecule has 30 heavy (non-hydrogen) atoms. The second kappa shape index (κ2) is 9.30. The minimum Gasteiger partial charge on any atom is -0.378 e. The maximum Gasteiger partial charge on any atom is 0.253 e. The lowest BCUT2D eigenvalue weighted by Gasteiger charge is -2.31. The van der Waals surface area contributed by atoms with Gasteiger partial charge in [-0.3, -0.25) is 9.59 Å². The Morgan fingerprint density at radius 2 is 1.73 bits per heavy atom. The summed E-state index contributed by atoms with van der Waals surface area (Å²) in [5.41, 5.74) is 3.80. The third-order valence-corrected chi connectivity index (χ3v) is 5.85. The van der Waals surface area contributed by atoms with Crippen LogP contribution in [0.1, 0.15) is 35.2 Å². The third kappa shape index (κ3) is 4.49. The molecule has 158 valence electrons. The monoisotopic (exact) mass is 407 g/mol. The average Bonchev–Trinajstić information content (AvgIpc) is 2.80. The third-order valence-electron chi connectivity index (χ3n) is 5.85. The number of hydrogen-bond donors (Lipinski definition) is 0. The number of carbonyl (C=O) groups excluding carboxylic acids is 2. The zero-order chi connectivity index (χ0) is 20.9.